The zero-order valence-corrected chi connectivity index (χ0v) is 11.7. The maximum absolute atomic E-state index is 13.6. The lowest BCUT2D eigenvalue weighted by Gasteiger charge is -2.26. The zero-order chi connectivity index (χ0) is 13.8. The van der Waals surface area contributed by atoms with Crippen molar-refractivity contribution in [2.75, 3.05) is 6.61 Å². The molecule has 0 fully saturated rings. The van der Waals surface area contributed by atoms with Crippen molar-refractivity contribution < 1.29 is 13.9 Å². The first kappa shape index (κ1) is 15.1. The summed E-state index contributed by atoms with van der Waals surface area (Å²) in [7, 11) is 0. The standard InChI is InChI=1S/C14H18ClFO2/c1-4-14(3,18-5-2)13(17)8-10-6-7-11(15)9-12(10)16/h6-7,9H,4-5,8H2,1-3H3. The lowest BCUT2D eigenvalue weighted by Crippen LogP contribution is -2.39. The third kappa shape index (κ3) is 3.53. The maximum atomic E-state index is 13.6. The fourth-order valence-corrected chi connectivity index (χ4v) is 1.88. The van der Waals surface area contributed by atoms with Crippen molar-refractivity contribution in [3.8, 4) is 0 Å². The highest BCUT2D eigenvalue weighted by atomic mass is 35.5. The van der Waals surface area contributed by atoms with E-state index >= 15 is 0 Å². The molecule has 0 saturated heterocycles. The number of hydrogen-bond donors (Lipinski definition) is 0. The number of carbonyl (C=O) groups excluding carboxylic acids is 1. The van der Waals surface area contributed by atoms with Gasteiger partial charge in [-0.15, -0.1) is 0 Å². The number of ether oxygens (including phenoxy) is 1. The molecule has 1 atom stereocenters. The summed E-state index contributed by atoms with van der Waals surface area (Å²) in [5.41, 5.74) is -0.496. The SMILES string of the molecule is CCOC(C)(CC)C(=O)Cc1ccc(Cl)cc1F. The second-order valence-electron chi connectivity index (χ2n) is 4.35. The largest absolute Gasteiger partial charge is 0.368 e. The molecule has 0 spiro atoms. The van der Waals surface area contributed by atoms with Gasteiger partial charge in [-0.2, -0.15) is 0 Å². The van der Waals surface area contributed by atoms with Gasteiger partial charge in [-0.3, -0.25) is 4.79 Å². The van der Waals surface area contributed by atoms with E-state index in [-0.39, 0.29) is 12.2 Å². The first-order chi connectivity index (χ1) is 8.42. The highest BCUT2D eigenvalue weighted by Gasteiger charge is 2.31. The van der Waals surface area contributed by atoms with Gasteiger partial charge in [0.25, 0.3) is 0 Å². The maximum Gasteiger partial charge on any atom is 0.168 e. The third-order valence-electron chi connectivity index (χ3n) is 3.09. The minimum Gasteiger partial charge on any atom is -0.368 e. The smallest absolute Gasteiger partial charge is 0.168 e. The average Bonchev–Trinajstić information content (AvgIpc) is 2.32. The molecule has 0 aromatic heterocycles. The number of rotatable bonds is 6. The van der Waals surface area contributed by atoms with Crippen molar-refractivity contribution in [2.45, 2.75) is 39.2 Å². The van der Waals surface area contributed by atoms with Crippen LogP contribution in [0.1, 0.15) is 32.8 Å². The van der Waals surface area contributed by atoms with Gasteiger partial charge < -0.3 is 4.74 Å². The first-order valence-corrected chi connectivity index (χ1v) is 6.42. The van der Waals surface area contributed by atoms with Crippen LogP contribution in [0.3, 0.4) is 0 Å². The van der Waals surface area contributed by atoms with E-state index in [4.69, 9.17) is 16.3 Å². The Kier molecular flexibility index (Phi) is 5.29. The molecular formula is C14H18ClFO2. The Morgan fingerprint density at radius 1 is 1.44 bits per heavy atom. The minimum absolute atomic E-state index is 0.0212. The average molecular weight is 273 g/mol. The van der Waals surface area contributed by atoms with E-state index in [1.165, 1.54) is 12.1 Å². The molecule has 1 unspecified atom stereocenters. The molecule has 0 bridgehead atoms. The zero-order valence-electron chi connectivity index (χ0n) is 10.9. The first-order valence-electron chi connectivity index (χ1n) is 6.04. The molecule has 1 aromatic carbocycles. The lowest BCUT2D eigenvalue weighted by atomic mass is 9.92. The number of ketones is 1. The summed E-state index contributed by atoms with van der Waals surface area (Å²) in [6.07, 6.45) is 0.586. The van der Waals surface area contributed by atoms with Crippen molar-refractivity contribution in [2.24, 2.45) is 0 Å². The van der Waals surface area contributed by atoms with Crippen LogP contribution < -0.4 is 0 Å². The predicted molar refractivity (Wildman–Crippen MR) is 70.4 cm³/mol. The van der Waals surface area contributed by atoms with Crippen molar-refractivity contribution in [1.82, 2.24) is 0 Å². The van der Waals surface area contributed by atoms with Gasteiger partial charge in [-0.1, -0.05) is 24.6 Å². The Balaban J connectivity index is 2.86. The molecule has 18 heavy (non-hydrogen) atoms. The molecule has 0 saturated carbocycles. The van der Waals surface area contributed by atoms with E-state index < -0.39 is 11.4 Å². The summed E-state index contributed by atoms with van der Waals surface area (Å²) in [4.78, 5) is 12.2. The van der Waals surface area contributed by atoms with Crippen LogP contribution in [0.4, 0.5) is 4.39 Å². The van der Waals surface area contributed by atoms with Crippen molar-refractivity contribution in [3.63, 3.8) is 0 Å². The quantitative estimate of drug-likeness (QED) is 0.787. The number of benzene rings is 1. The van der Waals surface area contributed by atoms with E-state index in [0.29, 0.717) is 23.6 Å². The van der Waals surface area contributed by atoms with Crippen LogP contribution >= 0.6 is 11.6 Å². The molecule has 0 amide bonds. The van der Waals surface area contributed by atoms with Crippen molar-refractivity contribution in [1.29, 1.82) is 0 Å². The van der Waals surface area contributed by atoms with E-state index in [1.807, 2.05) is 13.8 Å². The molecule has 1 aromatic rings. The molecule has 0 aliphatic carbocycles. The van der Waals surface area contributed by atoms with Crippen LogP contribution in [-0.4, -0.2) is 18.0 Å². The van der Waals surface area contributed by atoms with E-state index in [0.717, 1.165) is 0 Å². The van der Waals surface area contributed by atoms with Crippen LogP contribution in [0.15, 0.2) is 18.2 Å². The van der Waals surface area contributed by atoms with Crippen LogP contribution in [0.5, 0.6) is 0 Å². The van der Waals surface area contributed by atoms with Crippen LogP contribution in [-0.2, 0) is 16.0 Å². The monoisotopic (exact) mass is 272 g/mol. The fraction of sp³-hybridized carbons (Fsp3) is 0.500. The molecular weight excluding hydrogens is 255 g/mol. The second kappa shape index (κ2) is 6.30. The summed E-state index contributed by atoms with van der Waals surface area (Å²) in [6.45, 7) is 5.92. The summed E-state index contributed by atoms with van der Waals surface area (Å²) in [5.74, 6) is -0.570. The van der Waals surface area contributed by atoms with Gasteiger partial charge in [0, 0.05) is 18.1 Å². The van der Waals surface area contributed by atoms with Crippen LogP contribution in [0.2, 0.25) is 5.02 Å². The Morgan fingerprint density at radius 2 is 2.11 bits per heavy atom. The molecule has 2 nitrogen and oxygen atoms in total. The molecule has 1 rings (SSSR count). The van der Waals surface area contributed by atoms with Gasteiger partial charge in [0.05, 0.1) is 0 Å². The minimum atomic E-state index is -0.846. The fourth-order valence-electron chi connectivity index (χ4n) is 1.72. The van der Waals surface area contributed by atoms with Gasteiger partial charge in [-0.05, 0) is 38.0 Å². The molecule has 100 valence electrons. The van der Waals surface area contributed by atoms with Gasteiger partial charge >= 0.3 is 0 Å². The Hall–Kier alpha value is -0.930. The topological polar surface area (TPSA) is 26.3 Å². The molecule has 0 N–H and O–H groups in total. The number of carbonyl (C=O) groups is 1. The molecule has 0 heterocycles. The van der Waals surface area contributed by atoms with Gasteiger partial charge in [0.15, 0.2) is 5.78 Å². The number of Topliss-reactive ketones (excluding diaryl/α,β-unsaturated/α-hetero) is 1. The predicted octanol–water partition coefficient (Wildman–Crippen LogP) is 3.80. The van der Waals surface area contributed by atoms with Crippen LogP contribution in [0.25, 0.3) is 0 Å². The van der Waals surface area contributed by atoms with Crippen LogP contribution in [0, 0.1) is 5.82 Å². The summed E-state index contributed by atoms with van der Waals surface area (Å²) < 4.78 is 19.1. The number of hydrogen-bond acceptors (Lipinski definition) is 2. The summed E-state index contributed by atoms with van der Waals surface area (Å²) in [6, 6.07) is 4.34. The molecule has 0 aliphatic heterocycles. The van der Waals surface area contributed by atoms with Gasteiger partial charge in [0.1, 0.15) is 11.4 Å². The Morgan fingerprint density at radius 3 is 2.61 bits per heavy atom. The Labute approximate surface area is 112 Å². The van der Waals surface area contributed by atoms with E-state index in [9.17, 15) is 9.18 Å². The summed E-state index contributed by atoms with van der Waals surface area (Å²) >= 11 is 5.67. The Bertz CT molecular complexity index is 434. The van der Waals surface area contributed by atoms with Gasteiger partial charge in [0.2, 0.25) is 0 Å². The second-order valence-corrected chi connectivity index (χ2v) is 4.79. The van der Waals surface area contributed by atoms with Gasteiger partial charge in [-0.25, -0.2) is 4.39 Å². The normalized spacial score (nSPS) is 14.3. The highest BCUT2D eigenvalue weighted by Crippen LogP contribution is 2.21. The number of halogens is 2. The molecule has 4 heteroatoms. The highest BCUT2D eigenvalue weighted by molar-refractivity contribution is 6.30. The van der Waals surface area contributed by atoms with E-state index in [2.05, 4.69) is 0 Å². The van der Waals surface area contributed by atoms with E-state index in [1.54, 1.807) is 13.0 Å². The third-order valence-corrected chi connectivity index (χ3v) is 3.33. The molecule has 0 aliphatic rings. The van der Waals surface area contributed by atoms with Crippen molar-refractivity contribution >= 4 is 17.4 Å². The molecule has 0 radical (unpaired) electrons. The van der Waals surface area contributed by atoms with Crippen molar-refractivity contribution in [3.05, 3.63) is 34.6 Å². The summed E-state index contributed by atoms with van der Waals surface area (Å²) in [5, 5.41) is 0.326. The lowest BCUT2D eigenvalue weighted by molar-refractivity contribution is -0.141.